The van der Waals surface area contributed by atoms with E-state index < -0.39 is 38.0 Å². The van der Waals surface area contributed by atoms with Gasteiger partial charge in [-0.2, -0.15) is 10.2 Å². The lowest BCUT2D eigenvalue weighted by atomic mass is 10.2. The number of rotatable bonds is 4. The van der Waals surface area contributed by atoms with Crippen molar-refractivity contribution in [2.75, 3.05) is 4.72 Å². The van der Waals surface area contributed by atoms with E-state index >= 15 is 0 Å². The summed E-state index contributed by atoms with van der Waals surface area (Å²) in [5.41, 5.74) is -0.878. The van der Waals surface area contributed by atoms with Gasteiger partial charge in [0.1, 0.15) is 16.4 Å². The summed E-state index contributed by atoms with van der Waals surface area (Å²) in [6.07, 6.45) is 2.53. The molecule has 0 unspecified atom stereocenters. The van der Waals surface area contributed by atoms with Crippen LogP contribution in [0.2, 0.25) is 10.0 Å². The number of benzene rings is 2. The van der Waals surface area contributed by atoms with Gasteiger partial charge < -0.3 is 5.11 Å². The maximum Gasteiger partial charge on any atom is 0.265 e. The molecule has 3 aromatic rings. The van der Waals surface area contributed by atoms with E-state index in [1.54, 1.807) is 0 Å². The molecule has 0 aliphatic carbocycles. The number of nitrogens with zero attached hydrogens (tertiary/aromatic N) is 3. The number of phenolic OH excluding ortho intramolecular Hbond substituents is 1. The van der Waals surface area contributed by atoms with Gasteiger partial charge in [-0.15, -0.1) is 4.80 Å². The van der Waals surface area contributed by atoms with E-state index in [1.165, 1.54) is 12.4 Å². The summed E-state index contributed by atoms with van der Waals surface area (Å²) >= 11 is 11.4. The number of aromatic hydroxyl groups is 1. The monoisotopic (exact) mass is 420 g/mol. The average molecular weight is 421 g/mol. The van der Waals surface area contributed by atoms with Gasteiger partial charge >= 0.3 is 0 Å². The number of hydrogen-bond donors (Lipinski definition) is 2. The third-order valence-corrected chi connectivity index (χ3v) is 5.08. The van der Waals surface area contributed by atoms with Crippen LogP contribution in [0, 0.1) is 11.6 Å². The first-order valence-corrected chi connectivity index (χ1v) is 8.99. The molecule has 0 aliphatic heterocycles. The summed E-state index contributed by atoms with van der Waals surface area (Å²) in [7, 11) is -4.49. The van der Waals surface area contributed by atoms with Crippen LogP contribution in [-0.2, 0) is 10.0 Å². The lowest BCUT2D eigenvalue weighted by Gasteiger charge is -2.13. The Morgan fingerprint density at radius 3 is 2.35 bits per heavy atom. The summed E-state index contributed by atoms with van der Waals surface area (Å²) in [5, 5.41) is 16.9. The van der Waals surface area contributed by atoms with Crippen LogP contribution in [0.25, 0.3) is 5.69 Å². The third kappa shape index (κ3) is 3.43. The predicted molar refractivity (Wildman–Crippen MR) is 90.2 cm³/mol. The zero-order valence-electron chi connectivity index (χ0n) is 12.5. The van der Waals surface area contributed by atoms with E-state index in [-0.39, 0.29) is 15.7 Å². The number of aromatic nitrogens is 3. The van der Waals surface area contributed by atoms with E-state index in [9.17, 15) is 22.3 Å². The largest absolute Gasteiger partial charge is 0.505 e. The molecule has 2 aromatic carbocycles. The minimum Gasteiger partial charge on any atom is -0.505 e. The average Bonchev–Trinajstić information content (AvgIpc) is 3.07. The number of hydrogen-bond acceptors (Lipinski definition) is 5. The van der Waals surface area contributed by atoms with Gasteiger partial charge in [0, 0.05) is 11.1 Å². The molecule has 0 spiro atoms. The standard InChI is InChI=1S/C14H8Cl2F2N4O3S/c15-7-3-8(16)14(23)13(4-7)26(24,25)21-11-6-12(10(18)5-9(11)17)22-19-1-2-20-22/h1-6,21,23H. The molecule has 0 fully saturated rings. The van der Waals surface area contributed by atoms with Gasteiger partial charge in [0.05, 0.1) is 23.1 Å². The minimum absolute atomic E-state index is 0.0609. The molecule has 2 N–H and O–H groups in total. The Bertz CT molecular complexity index is 1090. The van der Waals surface area contributed by atoms with Crippen molar-refractivity contribution >= 4 is 38.9 Å². The molecule has 0 radical (unpaired) electrons. The first kappa shape index (κ1) is 18.4. The quantitative estimate of drug-likeness (QED) is 0.674. The van der Waals surface area contributed by atoms with E-state index in [0.29, 0.717) is 6.07 Å². The van der Waals surface area contributed by atoms with Crippen LogP contribution in [0.5, 0.6) is 5.75 Å². The summed E-state index contributed by atoms with van der Waals surface area (Å²) in [6, 6.07) is 3.41. The molecule has 0 amide bonds. The Kier molecular flexibility index (Phi) is 4.74. The summed E-state index contributed by atoms with van der Waals surface area (Å²) in [4.78, 5) is 0.179. The van der Waals surface area contributed by atoms with Crippen LogP contribution in [0.1, 0.15) is 0 Å². The van der Waals surface area contributed by atoms with Crippen molar-refractivity contribution in [3.63, 3.8) is 0 Å². The topological polar surface area (TPSA) is 97.1 Å². The Balaban J connectivity index is 2.07. The molecule has 0 saturated heterocycles. The molecule has 12 heteroatoms. The van der Waals surface area contributed by atoms with Gasteiger partial charge in [-0.05, 0) is 18.2 Å². The highest BCUT2D eigenvalue weighted by molar-refractivity contribution is 7.92. The fraction of sp³-hybridized carbons (Fsp3) is 0. The number of phenols is 1. The minimum atomic E-state index is -4.49. The molecule has 0 saturated carbocycles. The van der Waals surface area contributed by atoms with Crippen LogP contribution in [0.15, 0.2) is 41.6 Å². The SMILES string of the molecule is O=S(=O)(Nc1cc(-n2nccn2)c(F)cc1F)c1cc(Cl)cc(Cl)c1O. The van der Waals surface area contributed by atoms with Crippen LogP contribution in [0.3, 0.4) is 0 Å². The summed E-state index contributed by atoms with van der Waals surface area (Å²) < 4.78 is 54.8. The molecule has 1 aromatic heterocycles. The lowest BCUT2D eigenvalue weighted by molar-refractivity contribution is 0.459. The van der Waals surface area contributed by atoms with Crippen molar-refractivity contribution < 1.29 is 22.3 Å². The Labute approximate surface area is 155 Å². The summed E-state index contributed by atoms with van der Waals surface area (Å²) in [5.74, 6) is -2.95. The Morgan fingerprint density at radius 2 is 1.69 bits per heavy atom. The molecule has 26 heavy (non-hydrogen) atoms. The third-order valence-electron chi connectivity index (χ3n) is 3.20. The van der Waals surface area contributed by atoms with Crippen LogP contribution in [0.4, 0.5) is 14.5 Å². The number of sulfonamides is 1. The molecule has 7 nitrogen and oxygen atoms in total. The van der Waals surface area contributed by atoms with Gasteiger partial charge in [-0.1, -0.05) is 23.2 Å². The zero-order valence-corrected chi connectivity index (χ0v) is 14.8. The number of nitrogens with one attached hydrogen (secondary N) is 1. The second-order valence-electron chi connectivity index (χ2n) is 4.94. The fourth-order valence-electron chi connectivity index (χ4n) is 2.06. The van der Waals surface area contributed by atoms with E-state index in [4.69, 9.17) is 23.2 Å². The first-order valence-electron chi connectivity index (χ1n) is 6.75. The summed E-state index contributed by atoms with van der Waals surface area (Å²) in [6.45, 7) is 0. The van der Waals surface area contributed by atoms with Crippen molar-refractivity contribution in [3.05, 3.63) is 58.3 Å². The zero-order chi connectivity index (χ0) is 19.1. The Morgan fingerprint density at radius 1 is 1.04 bits per heavy atom. The molecule has 0 bridgehead atoms. The highest BCUT2D eigenvalue weighted by atomic mass is 35.5. The van der Waals surface area contributed by atoms with Crippen molar-refractivity contribution in [3.8, 4) is 11.4 Å². The van der Waals surface area contributed by atoms with Gasteiger partial charge in [0.25, 0.3) is 10.0 Å². The van der Waals surface area contributed by atoms with Gasteiger partial charge in [0.2, 0.25) is 0 Å². The van der Waals surface area contributed by atoms with Crippen molar-refractivity contribution in [2.45, 2.75) is 4.90 Å². The van der Waals surface area contributed by atoms with E-state index in [1.807, 2.05) is 4.72 Å². The van der Waals surface area contributed by atoms with Gasteiger partial charge in [0.15, 0.2) is 11.6 Å². The Hall–Kier alpha value is -2.43. The van der Waals surface area contributed by atoms with Gasteiger partial charge in [-0.3, -0.25) is 4.72 Å². The molecule has 136 valence electrons. The number of halogens is 4. The second kappa shape index (κ2) is 6.71. The molecule has 1 heterocycles. The van der Waals surface area contributed by atoms with Crippen LogP contribution >= 0.6 is 23.2 Å². The molecule has 3 rings (SSSR count). The van der Waals surface area contributed by atoms with Gasteiger partial charge in [-0.25, -0.2) is 17.2 Å². The smallest absolute Gasteiger partial charge is 0.265 e. The van der Waals surface area contributed by atoms with E-state index in [0.717, 1.165) is 23.0 Å². The maximum absolute atomic E-state index is 14.0. The van der Waals surface area contributed by atoms with Crippen LogP contribution in [-0.4, -0.2) is 28.5 Å². The molecular weight excluding hydrogens is 413 g/mol. The maximum atomic E-state index is 14.0. The van der Waals surface area contributed by atoms with E-state index in [2.05, 4.69) is 10.2 Å². The lowest BCUT2D eigenvalue weighted by Crippen LogP contribution is -2.15. The van der Waals surface area contributed by atoms with Crippen LogP contribution < -0.4 is 4.72 Å². The van der Waals surface area contributed by atoms with Crippen molar-refractivity contribution in [1.29, 1.82) is 0 Å². The normalized spacial score (nSPS) is 11.5. The highest BCUT2D eigenvalue weighted by Crippen LogP contribution is 2.35. The van der Waals surface area contributed by atoms with Crippen molar-refractivity contribution in [1.82, 2.24) is 15.0 Å². The number of anilines is 1. The fourth-order valence-corrected chi connectivity index (χ4v) is 3.87. The first-order chi connectivity index (χ1) is 12.2. The predicted octanol–water partition coefficient (Wildman–Crippen LogP) is 3.36. The molecule has 0 aliphatic rings. The highest BCUT2D eigenvalue weighted by Gasteiger charge is 2.24. The van der Waals surface area contributed by atoms with Crippen molar-refractivity contribution in [2.24, 2.45) is 0 Å². The molecule has 0 atom stereocenters. The second-order valence-corrected chi connectivity index (χ2v) is 7.44. The molecular formula is C14H8Cl2F2N4O3S.